The van der Waals surface area contributed by atoms with Gasteiger partial charge in [-0.1, -0.05) is 36.4 Å². The zero-order chi connectivity index (χ0) is 20.4. The second-order valence-corrected chi connectivity index (χ2v) is 8.95. The lowest BCUT2D eigenvalue weighted by Crippen LogP contribution is -2.41. The average molecular weight is 413 g/mol. The molecule has 3 aromatic rings. The molecule has 2 heterocycles. The quantitative estimate of drug-likeness (QED) is 0.645. The van der Waals surface area contributed by atoms with Crippen molar-refractivity contribution in [1.29, 1.82) is 0 Å². The fourth-order valence-corrected chi connectivity index (χ4v) is 5.41. The Kier molecular flexibility index (Phi) is 5.40. The number of morpholine rings is 1. The monoisotopic (exact) mass is 413 g/mol. The summed E-state index contributed by atoms with van der Waals surface area (Å²) in [7, 11) is -3.88. The molecule has 0 atom stereocenters. The summed E-state index contributed by atoms with van der Waals surface area (Å²) >= 11 is 0. The van der Waals surface area contributed by atoms with Crippen molar-refractivity contribution in [2.24, 2.45) is 5.73 Å². The van der Waals surface area contributed by atoms with Gasteiger partial charge in [-0.2, -0.15) is 4.31 Å². The lowest BCUT2D eigenvalue weighted by molar-refractivity contribution is 0.0730. The molecule has 8 heteroatoms. The first-order valence-electron chi connectivity index (χ1n) is 9.53. The van der Waals surface area contributed by atoms with Gasteiger partial charge in [0.05, 0.1) is 13.2 Å². The van der Waals surface area contributed by atoms with E-state index >= 15 is 0 Å². The lowest BCUT2D eigenvalue weighted by atomic mass is 10.0. The molecule has 29 heavy (non-hydrogen) atoms. The largest absolute Gasteiger partial charge is 0.379 e. The number of aromatic nitrogens is 1. The van der Waals surface area contributed by atoms with Gasteiger partial charge in [0.1, 0.15) is 10.6 Å². The summed E-state index contributed by atoms with van der Waals surface area (Å²) in [6.45, 7) is 1.16. The highest BCUT2D eigenvalue weighted by Crippen LogP contribution is 2.31. The van der Waals surface area contributed by atoms with Gasteiger partial charge in [-0.25, -0.2) is 8.42 Å². The molecule has 1 saturated heterocycles. The van der Waals surface area contributed by atoms with Gasteiger partial charge in [-0.05, 0) is 36.1 Å². The van der Waals surface area contributed by atoms with E-state index < -0.39 is 15.9 Å². The summed E-state index contributed by atoms with van der Waals surface area (Å²) < 4.78 is 33.3. The van der Waals surface area contributed by atoms with Crippen LogP contribution in [0.5, 0.6) is 0 Å². The molecular formula is C21H23N3O4S. The number of amides is 1. The fraction of sp³-hybridized carbons (Fsp3) is 0.286. The highest BCUT2D eigenvalue weighted by atomic mass is 32.2. The second-order valence-electron chi connectivity index (χ2n) is 7.08. The van der Waals surface area contributed by atoms with Crippen LogP contribution in [0.25, 0.3) is 10.9 Å². The van der Waals surface area contributed by atoms with Crippen LogP contribution in [0.2, 0.25) is 0 Å². The summed E-state index contributed by atoms with van der Waals surface area (Å²) in [4.78, 5) is 14.9. The van der Waals surface area contributed by atoms with Crippen molar-refractivity contribution >= 4 is 26.8 Å². The number of benzene rings is 2. The molecule has 4 rings (SSSR count). The second kappa shape index (κ2) is 7.98. The predicted molar refractivity (Wildman–Crippen MR) is 110 cm³/mol. The van der Waals surface area contributed by atoms with Gasteiger partial charge in [-0.3, -0.25) is 4.79 Å². The number of sulfonamides is 1. The molecule has 7 nitrogen and oxygen atoms in total. The Labute approximate surface area is 169 Å². The third-order valence-electron chi connectivity index (χ3n) is 5.17. The molecule has 1 aliphatic rings. The number of carbonyl (C=O) groups excluding carboxylic acids is 1. The Morgan fingerprint density at radius 2 is 1.72 bits per heavy atom. The smallest absolute Gasteiger partial charge is 0.266 e. The van der Waals surface area contributed by atoms with E-state index in [9.17, 15) is 13.2 Å². The molecule has 152 valence electrons. The molecule has 0 aliphatic carbocycles. The van der Waals surface area contributed by atoms with Crippen molar-refractivity contribution in [2.75, 3.05) is 26.3 Å². The Morgan fingerprint density at radius 3 is 2.41 bits per heavy atom. The molecule has 0 saturated carbocycles. The number of aromatic amines is 1. The third-order valence-corrected chi connectivity index (χ3v) is 7.16. The minimum Gasteiger partial charge on any atom is -0.379 e. The Morgan fingerprint density at radius 1 is 1.03 bits per heavy atom. The van der Waals surface area contributed by atoms with Crippen LogP contribution in [-0.2, 0) is 27.6 Å². The Bertz CT molecular complexity index is 1130. The third kappa shape index (κ3) is 3.91. The summed E-state index contributed by atoms with van der Waals surface area (Å²) in [5, 5.41) is 0.496. The zero-order valence-electron chi connectivity index (χ0n) is 15.9. The van der Waals surface area contributed by atoms with Crippen LogP contribution in [-0.4, -0.2) is 49.9 Å². The van der Waals surface area contributed by atoms with Gasteiger partial charge < -0.3 is 15.5 Å². The normalized spacial score (nSPS) is 15.6. The van der Waals surface area contributed by atoms with E-state index in [4.69, 9.17) is 10.5 Å². The maximum absolute atomic E-state index is 13.3. The van der Waals surface area contributed by atoms with Crippen LogP contribution in [0.3, 0.4) is 0 Å². The highest BCUT2D eigenvalue weighted by molar-refractivity contribution is 7.89. The summed E-state index contributed by atoms with van der Waals surface area (Å²) in [5.41, 5.74) is 8.20. The lowest BCUT2D eigenvalue weighted by Gasteiger charge is -2.26. The number of nitrogens with zero attached hydrogens (tertiary/aromatic N) is 1. The van der Waals surface area contributed by atoms with Crippen LogP contribution in [0.15, 0.2) is 53.4 Å². The van der Waals surface area contributed by atoms with Crippen molar-refractivity contribution in [3.05, 3.63) is 65.4 Å². The van der Waals surface area contributed by atoms with Crippen LogP contribution in [0, 0.1) is 0 Å². The first kappa shape index (κ1) is 19.6. The first-order chi connectivity index (χ1) is 14.0. The number of hydrogen-bond acceptors (Lipinski definition) is 4. The number of fused-ring (bicyclic) bond motifs is 1. The number of aryl methyl sites for hydroxylation is 2. The van der Waals surface area contributed by atoms with Crippen molar-refractivity contribution in [2.45, 2.75) is 17.7 Å². The number of hydrogen-bond donors (Lipinski definition) is 2. The highest BCUT2D eigenvalue weighted by Gasteiger charge is 2.33. The van der Waals surface area contributed by atoms with E-state index in [1.165, 1.54) is 9.87 Å². The standard InChI is InChI=1S/C21H23N3O4S/c22-21(25)19-20(29(26,27)24-10-12-28-13-11-24)17-14-16(8-9-18(17)23-19)7-6-15-4-2-1-3-5-15/h1-5,8-9,14,23H,6-7,10-13H2,(H2,22,25). The number of primary amides is 1. The molecule has 0 unspecified atom stereocenters. The average Bonchev–Trinajstić information content (AvgIpc) is 3.14. The van der Waals surface area contributed by atoms with E-state index in [2.05, 4.69) is 17.1 Å². The number of rotatable bonds is 6. The van der Waals surface area contributed by atoms with Crippen molar-refractivity contribution < 1.29 is 17.9 Å². The van der Waals surface area contributed by atoms with Crippen LogP contribution in [0.1, 0.15) is 21.6 Å². The molecule has 1 aliphatic heterocycles. The first-order valence-corrected chi connectivity index (χ1v) is 11.0. The maximum atomic E-state index is 13.3. The maximum Gasteiger partial charge on any atom is 0.266 e. The van der Waals surface area contributed by atoms with E-state index in [1.807, 2.05) is 30.3 Å². The summed E-state index contributed by atoms with van der Waals surface area (Å²) in [5.74, 6) is -0.793. The summed E-state index contributed by atoms with van der Waals surface area (Å²) in [6, 6.07) is 15.7. The minimum absolute atomic E-state index is 0.0385. The molecule has 1 amide bonds. The number of H-pyrrole nitrogens is 1. The van der Waals surface area contributed by atoms with Gasteiger partial charge in [0.15, 0.2) is 0 Å². The van der Waals surface area contributed by atoms with Crippen LogP contribution in [0.4, 0.5) is 0 Å². The molecular weight excluding hydrogens is 390 g/mol. The molecule has 0 spiro atoms. The molecule has 3 N–H and O–H groups in total. The van der Waals surface area contributed by atoms with Crippen molar-refractivity contribution in [3.63, 3.8) is 0 Å². The Balaban J connectivity index is 1.75. The minimum atomic E-state index is -3.88. The van der Waals surface area contributed by atoms with Gasteiger partial charge >= 0.3 is 0 Å². The van der Waals surface area contributed by atoms with Gasteiger partial charge in [0.25, 0.3) is 5.91 Å². The molecule has 2 aromatic carbocycles. The fourth-order valence-electron chi connectivity index (χ4n) is 3.66. The van der Waals surface area contributed by atoms with E-state index in [-0.39, 0.29) is 23.7 Å². The van der Waals surface area contributed by atoms with Gasteiger partial charge in [0.2, 0.25) is 10.0 Å². The number of nitrogens with one attached hydrogen (secondary N) is 1. The van der Waals surface area contributed by atoms with Crippen LogP contribution >= 0.6 is 0 Å². The van der Waals surface area contributed by atoms with E-state index in [0.29, 0.717) is 24.1 Å². The van der Waals surface area contributed by atoms with E-state index in [0.717, 1.165) is 18.4 Å². The van der Waals surface area contributed by atoms with Gasteiger partial charge in [-0.15, -0.1) is 0 Å². The zero-order valence-corrected chi connectivity index (χ0v) is 16.7. The summed E-state index contributed by atoms with van der Waals surface area (Å²) in [6.07, 6.45) is 1.60. The molecule has 0 radical (unpaired) electrons. The topological polar surface area (TPSA) is 105 Å². The predicted octanol–water partition coefficient (Wildman–Crippen LogP) is 2.07. The molecule has 1 fully saturated rings. The van der Waals surface area contributed by atoms with Gasteiger partial charge in [0, 0.05) is 24.0 Å². The van der Waals surface area contributed by atoms with Crippen molar-refractivity contribution in [1.82, 2.24) is 9.29 Å². The van der Waals surface area contributed by atoms with Crippen LogP contribution < -0.4 is 5.73 Å². The Hall–Kier alpha value is -2.68. The molecule has 0 bridgehead atoms. The number of nitrogens with two attached hydrogens (primary N) is 1. The number of ether oxygens (including phenoxy) is 1. The SMILES string of the molecule is NC(=O)c1[nH]c2ccc(CCc3ccccc3)cc2c1S(=O)(=O)N1CCOCC1. The molecule has 1 aromatic heterocycles. The van der Waals surface area contributed by atoms with E-state index in [1.54, 1.807) is 6.07 Å². The number of carbonyl (C=O) groups is 1. The van der Waals surface area contributed by atoms with Crippen molar-refractivity contribution in [3.8, 4) is 0 Å².